The quantitative estimate of drug-likeness (QED) is 0.631. The molecule has 0 spiro atoms. The van der Waals surface area contributed by atoms with Crippen LogP contribution in [0.2, 0.25) is 0 Å². The highest BCUT2D eigenvalue weighted by molar-refractivity contribution is 7.92. The van der Waals surface area contributed by atoms with Crippen molar-refractivity contribution >= 4 is 32.7 Å². The highest BCUT2D eigenvalue weighted by atomic mass is 32.2. The van der Waals surface area contributed by atoms with Crippen LogP contribution in [0.25, 0.3) is 11.0 Å². The molecule has 1 saturated carbocycles. The summed E-state index contributed by atoms with van der Waals surface area (Å²) in [6.45, 7) is 0.241. The number of para-hydroxylation sites is 2. The third kappa shape index (κ3) is 3.15. The molecule has 1 fully saturated rings. The minimum absolute atomic E-state index is 0.217. The summed E-state index contributed by atoms with van der Waals surface area (Å²) in [5, 5.41) is 0. The van der Waals surface area contributed by atoms with E-state index in [2.05, 4.69) is 4.90 Å². The Hall–Kier alpha value is -2.87. The summed E-state index contributed by atoms with van der Waals surface area (Å²) in [6.07, 6.45) is 5.63. The van der Waals surface area contributed by atoms with Gasteiger partial charge in [0.25, 0.3) is 10.0 Å². The maximum atomic E-state index is 13.6. The van der Waals surface area contributed by atoms with Crippen molar-refractivity contribution in [2.75, 3.05) is 23.0 Å². The Morgan fingerprint density at radius 3 is 2.17 bits per heavy atom. The molecule has 1 aromatic heterocycles. The molecule has 2 aliphatic rings. The highest BCUT2D eigenvalue weighted by Crippen LogP contribution is 2.41. The molecule has 1 aliphatic heterocycles. The third-order valence-corrected chi connectivity index (χ3v) is 7.72. The largest absolute Gasteiger partial charge is 0.497 e. The summed E-state index contributed by atoms with van der Waals surface area (Å²) >= 11 is 0. The fourth-order valence-corrected chi connectivity index (χ4v) is 5.72. The molecular formula is C22H24N4O3S. The molecule has 0 bridgehead atoms. The molecule has 2 heterocycles. The predicted molar refractivity (Wildman–Crippen MR) is 116 cm³/mol. The summed E-state index contributed by atoms with van der Waals surface area (Å²) in [4.78, 5) is 11.9. The highest BCUT2D eigenvalue weighted by Gasteiger charge is 2.40. The van der Waals surface area contributed by atoms with E-state index in [1.54, 1.807) is 31.4 Å². The van der Waals surface area contributed by atoms with Gasteiger partial charge in [0.2, 0.25) is 0 Å². The standard InChI is InChI=1S/C22H24N4O3S/c1-29-17-11-13-18(14-12-17)30(27,28)26-15-25(16-7-3-2-4-8-16)21-22(26)24-20-10-6-5-9-19(20)23-21/h5-6,9-14,16H,2-4,7-8,15H2,1H3. The van der Waals surface area contributed by atoms with Gasteiger partial charge < -0.3 is 9.64 Å². The zero-order valence-electron chi connectivity index (χ0n) is 16.9. The number of fused-ring (bicyclic) bond motifs is 2. The second kappa shape index (κ2) is 7.43. The zero-order valence-corrected chi connectivity index (χ0v) is 17.7. The van der Waals surface area contributed by atoms with E-state index in [4.69, 9.17) is 14.7 Å². The Balaban J connectivity index is 1.61. The zero-order chi connectivity index (χ0) is 20.7. The van der Waals surface area contributed by atoms with Gasteiger partial charge in [0.05, 0.1) is 23.0 Å². The van der Waals surface area contributed by atoms with Crippen LogP contribution in [0.5, 0.6) is 5.75 Å². The first-order valence-electron chi connectivity index (χ1n) is 10.3. The van der Waals surface area contributed by atoms with Crippen molar-refractivity contribution in [1.29, 1.82) is 0 Å². The van der Waals surface area contributed by atoms with E-state index in [0.29, 0.717) is 22.9 Å². The van der Waals surface area contributed by atoms with Crippen molar-refractivity contribution in [3.63, 3.8) is 0 Å². The van der Waals surface area contributed by atoms with Gasteiger partial charge in [0, 0.05) is 6.04 Å². The minimum atomic E-state index is -3.78. The van der Waals surface area contributed by atoms with E-state index in [-0.39, 0.29) is 17.6 Å². The molecule has 2 aromatic carbocycles. The number of sulfonamides is 1. The second-order valence-corrected chi connectivity index (χ2v) is 9.65. The number of anilines is 2. The maximum Gasteiger partial charge on any atom is 0.267 e. The van der Waals surface area contributed by atoms with Crippen molar-refractivity contribution < 1.29 is 13.2 Å². The lowest BCUT2D eigenvalue weighted by molar-refractivity contribution is 0.414. The molecule has 5 rings (SSSR count). The van der Waals surface area contributed by atoms with Crippen LogP contribution in [0.15, 0.2) is 53.4 Å². The lowest BCUT2D eigenvalue weighted by Gasteiger charge is -2.32. The number of hydrogen-bond donors (Lipinski definition) is 0. The Morgan fingerprint density at radius 1 is 0.900 bits per heavy atom. The molecule has 0 atom stereocenters. The number of ether oxygens (including phenoxy) is 1. The van der Waals surface area contributed by atoms with Gasteiger partial charge in [0.1, 0.15) is 12.4 Å². The normalized spacial score (nSPS) is 17.4. The maximum absolute atomic E-state index is 13.6. The topological polar surface area (TPSA) is 75.6 Å². The minimum Gasteiger partial charge on any atom is -0.497 e. The smallest absolute Gasteiger partial charge is 0.267 e. The number of aromatic nitrogens is 2. The molecule has 30 heavy (non-hydrogen) atoms. The van der Waals surface area contributed by atoms with Crippen LogP contribution in [-0.4, -0.2) is 38.2 Å². The van der Waals surface area contributed by atoms with E-state index < -0.39 is 10.0 Å². The number of rotatable bonds is 4. The van der Waals surface area contributed by atoms with E-state index in [9.17, 15) is 8.42 Å². The van der Waals surface area contributed by atoms with E-state index in [1.807, 2.05) is 24.3 Å². The lowest BCUT2D eigenvalue weighted by atomic mass is 9.94. The first-order valence-corrected chi connectivity index (χ1v) is 11.7. The van der Waals surface area contributed by atoms with Gasteiger partial charge in [0.15, 0.2) is 11.6 Å². The van der Waals surface area contributed by atoms with E-state index in [0.717, 1.165) is 31.2 Å². The monoisotopic (exact) mass is 424 g/mol. The van der Waals surface area contributed by atoms with Crippen molar-refractivity contribution in [3.05, 3.63) is 48.5 Å². The van der Waals surface area contributed by atoms with Crippen molar-refractivity contribution in [1.82, 2.24) is 9.97 Å². The Labute approximate surface area is 176 Å². The fraction of sp³-hybridized carbons (Fsp3) is 0.364. The lowest BCUT2D eigenvalue weighted by Crippen LogP contribution is -2.42. The predicted octanol–water partition coefficient (Wildman–Crippen LogP) is 3.94. The molecule has 3 aromatic rings. The van der Waals surface area contributed by atoms with Crippen LogP contribution < -0.4 is 13.9 Å². The average molecular weight is 425 g/mol. The molecule has 0 saturated heterocycles. The first kappa shape index (κ1) is 19.1. The van der Waals surface area contributed by atoms with Gasteiger partial charge in [-0.2, -0.15) is 0 Å². The summed E-state index contributed by atoms with van der Waals surface area (Å²) in [7, 11) is -2.23. The molecule has 156 valence electrons. The van der Waals surface area contributed by atoms with Gasteiger partial charge >= 0.3 is 0 Å². The number of nitrogens with zero attached hydrogens (tertiary/aromatic N) is 4. The van der Waals surface area contributed by atoms with Crippen LogP contribution in [0.4, 0.5) is 11.6 Å². The van der Waals surface area contributed by atoms with Crippen LogP contribution in [-0.2, 0) is 10.0 Å². The molecule has 1 aliphatic carbocycles. The Morgan fingerprint density at radius 2 is 1.53 bits per heavy atom. The Kier molecular flexibility index (Phi) is 4.73. The van der Waals surface area contributed by atoms with E-state index in [1.165, 1.54) is 10.7 Å². The van der Waals surface area contributed by atoms with Gasteiger partial charge in [-0.15, -0.1) is 0 Å². The summed E-state index contributed by atoms with van der Waals surface area (Å²) in [5.41, 5.74) is 1.47. The van der Waals surface area contributed by atoms with Crippen LogP contribution in [0, 0.1) is 0 Å². The Bertz CT molecular complexity index is 1170. The van der Waals surface area contributed by atoms with E-state index >= 15 is 0 Å². The van der Waals surface area contributed by atoms with Gasteiger partial charge in [-0.05, 0) is 49.2 Å². The van der Waals surface area contributed by atoms with Gasteiger partial charge in [-0.3, -0.25) is 0 Å². The summed E-state index contributed by atoms with van der Waals surface area (Å²) in [6, 6.07) is 14.4. The number of methoxy groups -OCH3 is 1. The van der Waals surface area contributed by atoms with Crippen LogP contribution >= 0.6 is 0 Å². The third-order valence-electron chi connectivity index (χ3n) is 5.99. The van der Waals surface area contributed by atoms with Crippen molar-refractivity contribution in [2.45, 2.75) is 43.0 Å². The molecule has 0 unspecified atom stereocenters. The molecule has 7 nitrogen and oxygen atoms in total. The van der Waals surface area contributed by atoms with Crippen molar-refractivity contribution in [2.24, 2.45) is 0 Å². The molecule has 0 radical (unpaired) electrons. The second-order valence-electron chi connectivity index (χ2n) is 7.79. The van der Waals surface area contributed by atoms with Crippen molar-refractivity contribution in [3.8, 4) is 5.75 Å². The number of benzene rings is 2. The number of hydrogen-bond acceptors (Lipinski definition) is 6. The average Bonchev–Trinajstić information content (AvgIpc) is 3.17. The molecule has 0 N–H and O–H groups in total. The van der Waals surface area contributed by atoms with Crippen LogP contribution in [0.3, 0.4) is 0 Å². The van der Waals surface area contributed by atoms with Gasteiger partial charge in [-0.25, -0.2) is 22.7 Å². The molecule has 0 amide bonds. The van der Waals surface area contributed by atoms with Gasteiger partial charge in [-0.1, -0.05) is 31.4 Å². The molecular weight excluding hydrogens is 400 g/mol. The SMILES string of the molecule is COc1ccc(S(=O)(=O)N2CN(C3CCCCC3)c3nc4ccccc4nc32)cc1. The van der Waals surface area contributed by atoms with Crippen LogP contribution in [0.1, 0.15) is 32.1 Å². The molecule has 8 heteroatoms. The fourth-order valence-electron chi connectivity index (χ4n) is 4.36. The first-order chi connectivity index (χ1) is 14.6. The summed E-state index contributed by atoms with van der Waals surface area (Å²) in [5.74, 6) is 1.69. The summed E-state index contributed by atoms with van der Waals surface area (Å²) < 4.78 is 33.7.